The fraction of sp³-hybridized carbons (Fsp3) is 0.217. The number of nitrogens with one attached hydrogen (secondary N) is 3. The highest BCUT2D eigenvalue weighted by atomic mass is 16.3. The normalized spacial score (nSPS) is 11.0. The van der Waals surface area contributed by atoms with Crippen LogP contribution in [0.3, 0.4) is 0 Å². The summed E-state index contributed by atoms with van der Waals surface area (Å²) in [7, 11) is 0. The number of carbonyl (C=O) groups is 2. The zero-order chi connectivity index (χ0) is 20.1. The number of aromatic amines is 1. The number of aromatic nitrogens is 1. The maximum Gasteiger partial charge on any atom is 0.287 e. The molecule has 2 heterocycles. The van der Waals surface area contributed by atoms with Crippen molar-refractivity contribution in [1.29, 1.82) is 0 Å². The van der Waals surface area contributed by atoms with Crippen LogP contribution in [0.2, 0.25) is 0 Å². The largest absolute Gasteiger partial charge is 0.451 e. The number of hydrogen-bond donors (Lipinski definition) is 3. The Morgan fingerprint density at radius 3 is 2.69 bits per heavy atom. The molecule has 0 saturated heterocycles. The van der Waals surface area contributed by atoms with E-state index in [1.165, 1.54) is 10.9 Å². The van der Waals surface area contributed by atoms with Gasteiger partial charge in [0.15, 0.2) is 5.76 Å². The van der Waals surface area contributed by atoms with E-state index in [0.717, 1.165) is 17.3 Å². The van der Waals surface area contributed by atoms with Crippen LogP contribution in [0.4, 0.5) is 0 Å². The van der Waals surface area contributed by atoms with Crippen molar-refractivity contribution in [2.45, 2.75) is 19.3 Å². The van der Waals surface area contributed by atoms with Gasteiger partial charge in [0.1, 0.15) is 5.58 Å². The van der Waals surface area contributed by atoms with Crippen LogP contribution in [0.1, 0.15) is 29.0 Å². The molecule has 3 N–H and O–H groups in total. The minimum absolute atomic E-state index is 0.0113. The van der Waals surface area contributed by atoms with Crippen LogP contribution >= 0.6 is 0 Å². The van der Waals surface area contributed by atoms with Crippen LogP contribution in [0, 0.1) is 0 Å². The van der Waals surface area contributed by atoms with Gasteiger partial charge in [-0.25, -0.2) is 0 Å². The van der Waals surface area contributed by atoms with Gasteiger partial charge in [0, 0.05) is 42.0 Å². The Hall–Kier alpha value is -3.54. The van der Waals surface area contributed by atoms with Gasteiger partial charge < -0.3 is 20.0 Å². The van der Waals surface area contributed by atoms with Crippen LogP contribution in [-0.2, 0) is 11.2 Å². The van der Waals surface area contributed by atoms with Crippen LogP contribution in [0.15, 0.2) is 65.2 Å². The number of benzene rings is 2. The van der Waals surface area contributed by atoms with Crippen molar-refractivity contribution in [3.63, 3.8) is 0 Å². The van der Waals surface area contributed by atoms with Gasteiger partial charge in [0.25, 0.3) is 5.91 Å². The zero-order valence-electron chi connectivity index (χ0n) is 16.0. The molecule has 0 saturated carbocycles. The lowest BCUT2D eigenvalue weighted by molar-refractivity contribution is -0.121. The summed E-state index contributed by atoms with van der Waals surface area (Å²) in [4.78, 5) is 27.4. The summed E-state index contributed by atoms with van der Waals surface area (Å²) in [6, 6.07) is 17.3. The molecular formula is C23H23N3O3. The lowest BCUT2D eigenvalue weighted by atomic mass is 10.1. The van der Waals surface area contributed by atoms with Crippen molar-refractivity contribution >= 4 is 33.7 Å². The summed E-state index contributed by atoms with van der Waals surface area (Å²) in [5, 5.41) is 7.82. The van der Waals surface area contributed by atoms with Crippen LogP contribution in [-0.4, -0.2) is 29.9 Å². The summed E-state index contributed by atoms with van der Waals surface area (Å²) >= 11 is 0. The second-order valence-electron chi connectivity index (χ2n) is 6.97. The molecule has 6 nitrogen and oxygen atoms in total. The molecule has 0 radical (unpaired) electrons. The van der Waals surface area contributed by atoms with Crippen LogP contribution < -0.4 is 10.6 Å². The number of carbonyl (C=O) groups excluding carboxylic acids is 2. The molecule has 0 fully saturated rings. The minimum atomic E-state index is -0.263. The highest BCUT2D eigenvalue weighted by molar-refractivity contribution is 5.96. The number of H-pyrrole nitrogens is 1. The average Bonchev–Trinajstić information content (AvgIpc) is 3.35. The molecule has 0 aliphatic heterocycles. The molecule has 6 heteroatoms. The molecular weight excluding hydrogens is 366 g/mol. The number of rotatable bonds is 8. The van der Waals surface area contributed by atoms with Crippen molar-refractivity contribution in [1.82, 2.24) is 15.6 Å². The van der Waals surface area contributed by atoms with Crippen molar-refractivity contribution in [2.24, 2.45) is 0 Å². The third kappa shape index (κ3) is 4.48. The Labute approximate surface area is 168 Å². The summed E-state index contributed by atoms with van der Waals surface area (Å²) in [6.45, 7) is 1.01. The molecule has 2 amide bonds. The molecule has 0 unspecified atom stereocenters. The van der Waals surface area contributed by atoms with Gasteiger partial charge in [-0.2, -0.15) is 0 Å². The van der Waals surface area contributed by atoms with Crippen molar-refractivity contribution in [3.05, 3.63) is 72.1 Å². The van der Waals surface area contributed by atoms with Gasteiger partial charge in [-0.1, -0.05) is 36.4 Å². The SMILES string of the molecule is O=C(CCCNC(=O)c1cc2ccccc2o1)NCCc1c[nH]c2ccccc12. The number of amides is 2. The highest BCUT2D eigenvalue weighted by Crippen LogP contribution is 2.19. The summed E-state index contributed by atoms with van der Waals surface area (Å²) in [6.07, 6.45) is 3.71. The zero-order valence-corrected chi connectivity index (χ0v) is 16.0. The fourth-order valence-corrected chi connectivity index (χ4v) is 3.40. The molecule has 0 aliphatic rings. The molecule has 0 spiro atoms. The molecule has 4 aromatic rings. The van der Waals surface area contributed by atoms with E-state index in [2.05, 4.69) is 21.7 Å². The van der Waals surface area contributed by atoms with E-state index in [1.807, 2.05) is 48.7 Å². The highest BCUT2D eigenvalue weighted by Gasteiger charge is 2.11. The number of hydrogen-bond acceptors (Lipinski definition) is 3. The Bertz CT molecular complexity index is 1110. The molecule has 2 aromatic heterocycles. The Kier molecular flexibility index (Phi) is 5.61. The number of fused-ring (bicyclic) bond motifs is 2. The van der Waals surface area contributed by atoms with Crippen LogP contribution in [0.25, 0.3) is 21.9 Å². The predicted octanol–water partition coefficient (Wildman–Crippen LogP) is 3.78. The Balaban J connectivity index is 1.16. The molecule has 0 bridgehead atoms. The first kappa shape index (κ1) is 18.8. The van der Waals surface area contributed by atoms with Gasteiger partial charge in [-0.3, -0.25) is 9.59 Å². The third-order valence-corrected chi connectivity index (χ3v) is 4.91. The van der Waals surface area contributed by atoms with E-state index in [-0.39, 0.29) is 17.6 Å². The standard InChI is InChI=1S/C23H23N3O3/c27-22(24-13-11-17-15-26-19-8-3-2-7-18(17)19)10-5-12-25-23(28)21-14-16-6-1-4-9-20(16)29-21/h1-4,6-9,14-15,26H,5,10-13H2,(H,24,27)(H,25,28). The molecule has 4 rings (SSSR count). The number of furan rings is 1. The van der Waals surface area contributed by atoms with E-state index in [1.54, 1.807) is 6.07 Å². The number of para-hydroxylation sites is 2. The van der Waals surface area contributed by atoms with Crippen molar-refractivity contribution in [2.75, 3.05) is 13.1 Å². The molecule has 0 aliphatic carbocycles. The monoisotopic (exact) mass is 389 g/mol. The van der Waals surface area contributed by atoms with Gasteiger partial charge in [0.2, 0.25) is 5.91 Å². The topological polar surface area (TPSA) is 87.1 Å². The second kappa shape index (κ2) is 8.65. The smallest absolute Gasteiger partial charge is 0.287 e. The molecule has 148 valence electrons. The molecule has 0 atom stereocenters. The summed E-state index contributed by atoms with van der Waals surface area (Å²) in [5.41, 5.74) is 2.99. The first-order valence-corrected chi connectivity index (χ1v) is 9.79. The lowest BCUT2D eigenvalue weighted by Gasteiger charge is -2.06. The third-order valence-electron chi connectivity index (χ3n) is 4.91. The Morgan fingerprint density at radius 2 is 1.79 bits per heavy atom. The second-order valence-corrected chi connectivity index (χ2v) is 6.97. The Morgan fingerprint density at radius 1 is 0.966 bits per heavy atom. The predicted molar refractivity (Wildman–Crippen MR) is 113 cm³/mol. The molecule has 29 heavy (non-hydrogen) atoms. The maximum atomic E-state index is 12.2. The van der Waals surface area contributed by atoms with E-state index < -0.39 is 0 Å². The fourth-order valence-electron chi connectivity index (χ4n) is 3.40. The van der Waals surface area contributed by atoms with Crippen LogP contribution in [0.5, 0.6) is 0 Å². The molecule has 2 aromatic carbocycles. The van der Waals surface area contributed by atoms with Gasteiger partial charge >= 0.3 is 0 Å². The maximum absolute atomic E-state index is 12.2. The average molecular weight is 389 g/mol. The van der Waals surface area contributed by atoms with Crippen molar-refractivity contribution < 1.29 is 14.0 Å². The first-order chi connectivity index (χ1) is 14.2. The van der Waals surface area contributed by atoms with Crippen molar-refractivity contribution in [3.8, 4) is 0 Å². The van der Waals surface area contributed by atoms with Gasteiger partial charge in [-0.05, 0) is 36.6 Å². The van der Waals surface area contributed by atoms with Gasteiger partial charge in [0.05, 0.1) is 0 Å². The lowest BCUT2D eigenvalue weighted by Crippen LogP contribution is -2.28. The quantitative estimate of drug-likeness (QED) is 0.401. The summed E-state index contributed by atoms with van der Waals surface area (Å²) < 4.78 is 5.53. The van der Waals surface area contributed by atoms with E-state index in [4.69, 9.17) is 4.42 Å². The minimum Gasteiger partial charge on any atom is -0.451 e. The van der Waals surface area contributed by atoms with Gasteiger partial charge in [-0.15, -0.1) is 0 Å². The first-order valence-electron chi connectivity index (χ1n) is 9.79. The van der Waals surface area contributed by atoms with E-state index in [9.17, 15) is 9.59 Å². The van der Waals surface area contributed by atoms with E-state index in [0.29, 0.717) is 31.5 Å². The summed E-state index contributed by atoms with van der Waals surface area (Å²) in [5.74, 6) is 0.0122. The van der Waals surface area contributed by atoms with E-state index >= 15 is 0 Å².